The van der Waals surface area contributed by atoms with Crippen molar-refractivity contribution in [3.05, 3.63) is 42.1 Å². The van der Waals surface area contributed by atoms with E-state index in [0.29, 0.717) is 12.3 Å². The molecule has 122 valence electrons. The lowest BCUT2D eigenvalue weighted by Gasteiger charge is -2.53. The van der Waals surface area contributed by atoms with Crippen molar-refractivity contribution in [3.8, 4) is 5.88 Å². The molecule has 1 fully saturated rings. The lowest BCUT2D eigenvalue weighted by molar-refractivity contribution is -0.152. The maximum Gasteiger partial charge on any atom is 0.227 e. The first-order chi connectivity index (χ1) is 10.9. The average Bonchev–Trinajstić information content (AvgIpc) is 2.91. The molecule has 0 aromatic carbocycles. The number of carbonyl (C=O) groups is 1. The second-order valence-electron chi connectivity index (χ2n) is 6.69. The van der Waals surface area contributed by atoms with Gasteiger partial charge in [-0.1, -0.05) is 13.8 Å². The molecule has 1 saturated heterocycles. The summed E-state index contributed by atoms with van der Waals surface area (Å²) in [6, 6.07) is 3.67. The second kappa shape index (κ2) is 5.68. The summed E-state index contributed by atoms with van der Waals surface area (Å²) in [7, 11) is 3.54. The zero-order valence-electron chi connectivity index (χ0n) is 14.0. The Bertz CT molecular complexity index is 723. The van der Waals surface area contributed by atoms with Gasteiger partial charge in [0.15, 0.2) is 0 Å². The highest BCUT2D eigenvalue weighted by molar-refractivity contribution is 5.80. The Kier molecular flexibility index (Phi) is 3.83. The number of ether oxygens (including phenoxy) is 1. The molecule has 1 amide bonds. The van der Waals surface area contributed by atoms with Gasteiger partial charge in [-0.2, -0.15) is 0 Å². The smallest absolute Gasteiger partial charge is 0.227 e. The first kappa shape index (κ1) is 15.5. The Labute approximate surface area is 136 Å². The number of nitrogens with zero attached hydrogens (tertiary/aromatic N) is 4. The molecule has 0 radical (unpaired) electrons. The first-order valence-electron chi connectivity index (χ1n) is 7.68. The van der Waals surface area contributed by atoms with E-state index in [0.717, 1.165) is 17.9 Å². The number of hydrogen-bond donors (Lipinski definition) is 0. The van der Waals surface area contributed by atoms with Gasteiger partial charge in [0.1, 0.15) is 5.82 Å². The van der Waals surface area contributed by atoms with Crippen LogP contribution in [0.3, 0.4) is 0 Å². The third-order valence-electron chi connectivity index (χ3n) is 4.42. The molecule has 0 spiro atoms. The maximum atomic E-state index is 12.7. The van der Waals surface area contributed by atoms with Crippen molar-refractivity contribution in [1.29, 1.82) is 0 Å². The molecule has 0 aliphatic carbocycles. The number of imidazole rings is 1. The predicted octanol–water partition coefficient (Wildman–Crippen LogP) is 1.98. The molecule has 0 N–H and O–H groups in total. The number of hydrogen-bond acceptors (Lipinski definition) is 4. The van der Waals surface area contributed by atoms with E-state index < -0.39 is 0 Å². The number of pyridine rings is 1. The van der Waals surface area contributed by atoms with Crippen molar-refractivity contribution in [2.75, 3.05) is 13.7 Å². The molecule has 1 aliphatic rings. The van der Waals surface area contributed by atoms with E-state index >= 15 is 0 Å². The SMILES string of the molecule is COc1cc(CC(=O)N2CC(C)(C)C2c2nccn2C)ccn1. The minimum atomic E-state index is 0.0127. The van der Waals surface area contributed by atoms with Crippen LogP contribution in [0.15, 0.2) is 30.7 Å². The molecule has 1 aliphatic heterocycles. The molecule has 0 saturated carbocycles. The summed E-state index contributed by atoms with van der Waals surface area (Å²) in [4.78, 5) is 23.2. The molecule has 2 aromatic heterocycles. The highest BCUT2D eigenvalue weighted by Crippen LogP contribution is 2.47. The van der Waals surface area contributed by atoms with Gasteiger partial charge in [-0.15, -0.1) is 0 Å². The van der Waals surface area contributed by atoms with Crippen LogP contribution in [0.5, 0.6) is 5.88 Å². The highest BCUT2D eigenvalue weighted by atomic mass is 16.5. The number of rotatable bonds is 4. The van der Waals surface area contributed by atoms with Crippen LogP contribution >= 0.6 is 0 Å². The molecule has 1 unspecified atom stereocenters. The quantitative estimate of drug-likeness (QED) is 0.866. The van der Waals surface area contributed by atoms with Gasteiger partial charge in [0.25, 0.3) is 0 Å². The monoisotopic (exact) mass is 314 g/mol. The maximum absolute atomic E-state index is 12.7. The van der Waals surface area contributed by atoms with Crippen LogP contribution in [0.1, 0.15) is 31.3 Å². The van der Waals surface area contributed by atoms with Crippen LogP contribution in [0.2, 0.25) is 0 Å². The van der Waals surface area contributed by atoms with Crippen molar-refractivity contribution < 1.29 is 9.53 Å². The predicted molar refractivity (Wildman–Crippen MR) is 85.9 cm³/mol. The van der Waals surface area contributed by atoms with Gasteiger partial charge in [0.05, 0.1) is 19.6 Å². The number of likely N-dealkylation sites (tertiary alicyclic amines) is 1. The van der Waals surface area contributed by atoms with Gasteiger partial charge in [0, 0.05) is 43.7 Å². The molecular weight excluding hydrogens is 292 g/mol. The van der Waals surface area contributed by atoms with E-state index in [1.54, 1.807) is 25.6 Å². The summed E-state index contributed by atoms with van der Waals surface area (Å²) in [5.74, 6) is 1.56. The van der Waals surface area contributed by atoms with Crippen molar-refractivity contribution in [3.63, 3.8) is 0 Å². The summed E-state index contributed by atoms with van der Waals surface area (Å²) < 4.78 is 7.10. The fourth-order valence-corrected chi connectivity index (χ4v) is 3.24. The Morgan fingerprint density at radius 1 is 1.39 bits per heavy atom. The molecule has 23 heavy (non-hydrogen) atoms. The Morgan fingerprint density at radius 2 is 2.17 bits per heavy atom. The number of carbonyl (C=O) groups excluding carboxylic acids is 1. The molecule has 6 heteroatoms. The summed E-state index contributed by atoms with van der Waals surface area (Å²) in [6.07, 6.45) is 5.70. The van der Waals surface area contributed by atoms with E-state index in [2.05, 4.69) is 23.8 Å². The molecule has 6 nitrogen and oxygen atoms in total. The second-order valence-corrected chi connectivity index (χ2v) is 6.69. The summed E-state index contributed by atoms with van der Waals surface area (Å²) in [6.45, 7) is 5.09. The fraction of sp³-hybridized carbons (Fsp3) is 0.471. The Morgan fingerprint density at radius 3 is 2.78 bits per heavy atom. The van der Waals surface area contributed by atoms with Gasteiger partial charge in [-0.3, -0.25) is 4.79 Å². The number of aryl methyl sites for hydroxylation is 1. The van der Waals surface area contributed by atoms with E-state index in [1.807, 2.05) is 28.8 Å². The molecule has 0 bridgehead atoms. The Balaban J connectivity index is 1.78. The van der Waals surface area contributed by atoms with E-state index in [9.17, 15) is 4.79 Å². The molecule has 3 heterocycles. The molecular formula is C17H22N4O2. The minimum absolute atomic E-state index is 0.0127. The van der Waals surface area contributed by atoms with Crippen molar-refractivity contribution in [2.45, 2.75) is 26.3 Å². The van der Waals surface area contributed by atoms with Gasteiger partial charge >= 0.3 is 0 Å². The van der Waals surface area contributed by atoms with Crippen LogP contribution < -0.4 is 4.74 Å². The minimum Gasteiger partial charge on any atom is -0.481 e. The highest BCUT2D eigenvalue weighted by Gasteiger charge is 2.50. The van der Waals surface area contributed by atoms with Crippen LogP contribution in [0.4, 0.5) is 0 Å². The average molecular weight is 314 g/mol. The third kappa shape index (κ3) is 2.81. The van der Waals surface area contributed by atoms with Crippen LogP contribution in [-0.4, -0.2) is 39.0 Å². The Hall–Kier alpha value is -2.37. The molecule has 3 rings (SSSR count). The van der Waals surface area contributed by atoms with E-state index in [-0.39, 0.29) is 17.4 Å². The largest absolute Gasteiger partial charge is 0.481 e. The van der Waals surface area contributed by atoms with Gasteiger partial charge in [-0.25, -0.2) is 9.97 Å². The lowest BCUT2D eigenvalue weighted by atomic mass is 9.74. The number of aromatic nitrogens is 3. The summed E-state index contributed by atoms with van der Waals surface area (Å²) in [5.41, 5.74) is 0.940. The standard InChI is InChI=1S/C17H22N4O2/c1-17(2)11-21(15(17)16-19-7-8-20(16)3)14(22)10-12-5-6-18-13(9-12)23-4/h5-9,15H,10-11H2,1-4H3. The van der Waals surface area contributed by atoms with Crippen molar-refractivity contribution in [1.82, 2.24) is 19.4 Å². The van der Waals surface area contributed by atoms with Gasteiger partial charge in [0.2, 0.25) is 11.8 Å². The number of methoxy groups -OCH3 is 1. The van der Waals surface area contributed by atoms with Crippen LogP contribution in [0, 0.1) is 5.41 Å². The normalized spacial score (nSPS) is 19.3. The third-order valence-corrected chi connectivity index (χ3v) is 4.42. The topological polar surface area (TPSA) is 60.2 Å². The first-order valence-corrected chi connectivity index (χ1v) is 7.68. The summed E-state index contributed by atoms with van der Waals surface area (Å²) >= 11 is 0. The van der Waals surface area contributed by atoms with Crippen LogP contribution in [-0.2, 0) is 18.3 Å². The van der Waals surface area contributed by atoms with Crippen LogP contribution in [0.25, 0.3) is 0 Å². The fourth-order valence-electron chi connectivity index (χ4n) is 3.24. The molecule has 1 atom stereocenters. The van der Waals surface area contributed by atoms with E-state index in [4.69, 9.17) is 4.74 Å². The van der Waals surface area contributed by atoms with Gasteiger partial charge in [-0.05, 0) is 11.6 Å². The van der Waals surface area contributed by atoms with Crippen molar-refractivity contribution in [2.24, 2.45) is 12.5 Å². The van der Waals surface area contributed by atoms with E-state index in [1.165, 1.54) is 0 Å². The molecule has 2 aromatic rings. The lowest BCUT2D eigenvalue weighted by Crippen LogP contribution is -2.58. The zero-order chi connectivity index (χ0) is 16.6. The zero-order valence-corrected chi connectivity index (χ0v) is 14.0. The van der Waals surface area contributed by atoms with Gasteiger partial charge < -0.3 is 14.2 Å². The summed E-state index contributed by atoms with van der Waals surface area (Å²) in [5, 5.41) is 0. The number of amides is 1. The van der Waals surface area contributed by atoms with Crippen molar-refractivity contribution >= 4 is 5.91 Å².